The number of fused-ring (bicyclic) bond motifs is 10. The van der Waals surface area contributed by atoms with Crippen LogP contribution in [0.4, 0.5) is 0 Å². The third kappa shape index (κ3) is 1.42. The van der Waals surface area contributed by atoms with Gasteiger partial charge in [0.25, 0.3) is 0 Å². The van der Waals surface area contributed by atoms with Crippen LogP contribution < -0.4 is 0 Å². The molecule has 0 heterocycles. The van der Waals surface area contributed by atoms with Gasteiger partial charge in [-0.2, -0.15) is 0 Å². The Morgan fingerprint density at radius 2 is 1.83 bits per heavy atom. The summed E-state index contributed by atoms with van der Waals surface area (Å²) in [5.41, 5.74) is 1.01. The van der Waals surface area contributed by atoms with E-state index >= 15 is 0 Å². The molecule has 6 fully saturated rings. The van der Waals surface area contributed by atoms with E-state index in [1.807, 2.05) is 0 Å². The summed E-state index contributed by atoms with van der Waals surface area (Å²) in [5, 5.41) is 22.0. The predicted molar refractivity (Wildman–Crippen MR) is 94.7 cm³/mol. The second kappa shape index (κ2) is 4.06. The van der Waals surface area contributed by atoms with Crippen LogP contribution in [-0.2, 0) is 0 Å². The second-order valence-corrected chi connectivity index (χ2v) is 10.9. The van der Waals surface area contributed by atoms with Crippen molar-refractivity contribution in [2.24, 2.45) is 52.3 Å². The Labute approximate surface area is 146 Å². The van der Waals surface area contributed by atoms with E-state index in [1.165, 1.54) is 31.1 Å². The molecule has 6 aliphatic carbocycles. The Balaban J connectivity index is 1.45. The van der Waals surface area contributed by atoms with Crippen molar-refractivity contribution in [3.8, 4) is 0 Å². The van der Waals surface area contributed by atoms with Gasteiger partial charge >= 0.3 is 146 Å². The van der Waals surface area contributed by atoms with Gasteiger partial charge in [0, 0.05) is 0 Å². The number of aliphatic hydroxyl groups is 2. The minimum absolute atomic E-state index is 0.0115. The fraction of sp³-hybridized carbons (Fsp3) is 0.952. The van der Waals surface area contributed by atoms with Crippen molar-refractivity contribution in [1.82, 2.24) is 0 Å². The molecule has 11 atom stereocenters. The van der Waals surface area contributed by atoms with E-state index in [0.29, 0.717) is 24.2 Å². The van der Waals surface area contributed by atoms with Gasteiger partial charge < -0.3 is 0 Å². The van der Waals surface area contributed by atoms with Crippen LogP contribution in [-0.4, -0.2) is 34.9 Å². The maximum absolute atomic E-state index is 11.7. The molecule has 3 unspecified atom stereocenters. The monoisotopic (exact) mass is 325 g/mol. The van der Waals surface area contributed by atoms with Crippen molar-refractivity contribution in [1.29, 1.82) is 0 Å². The number of hydrogen-bond donors (Lipinski definition) is 2. The average Bonchev–Trinajstić information content (AvgIpc) is 3.41. The van der Waals surface area contributed by atoms with E-state index in [2.05, 4.69) is 13.8 Å². The second-order valence-electron chi connectivity index (χ2n) is 10.9. The Hall–Kier alpha value is -0.145. The van der Waals surface area contributed by atoms with Crippen LogP contribution in [0.1, 0.15) is 58.8 Å². The Kier molecular flexibility index (Phi) is 2.53. The van der Waals surface area contributed by atoms with E-state index < -0.39 is 5.60 Å². The number of hydrogen-bond acceptors (Lipinski definition) is 2. The third-order valence-electron chi connectivity index (χ3n) is 10.2. The Morgan fingerprint density at radius 3 is 2.62 bits per heavy atom. The zero-order valence-corrected chi connectivity index (χ0v) is 15.0. The molecule has 0 aromatic heterocycles. The first-order valence-corrected chi connectivity index (χ1v) is 10.3. The van der Waals surface area contributed by atoms with Gasteiger partial charge in [0.1, 0.15) is 0 Å². The van der Waals surface area contributed by atoms with Gasteiger partial charge in [0.05, 0.1) is 0 Å². The molecule has 24 heavy (non-hydrogen) atoms. The molecule has 0 aromatic rings. The van der Waals surface area contributed by atoms with Crippen LogP contribution >= 0.6 is 0 Å². The van der Waals surface area contributed by atoms with E-state index in [1.54, 1.807) is 0 Å². The molecule has 129 valence electrons. The van der Waals surface area contributed by atoms with E-state index in [9.17, 15) is 10.2 Å². The van der Waals surface area contributed by atoms with Crippen molar-refractivity contribution in [2.75, 3.05) is 0 Å². The van der Waals surface area contributed by atoms with Gasteiger partial charge in [-0.1, -0.05) is 0 Å². The summed E-state index contributed by atoms with van der Waals surface area (Å²) in [7, 11) is 6.63. The number of aliphatic hydroxyl groups excluding tert-OH is 1. The van der Waals surface area contributed by atoms with Crippen LogP contribution in [0, 0.1) is 52.3 Å². The predicted octanol–water partition coefficient (Wildman–Crippen LogP) is 2.56. The van der Waals surface area contributed by atoms with E-state index in [-0.39, 0.29) is 16.9 Å². The quantitative estimate of drug-likeness (QED) is 0.672. The summed E-state index contributed by atoms with van der Waals surface area (Å²) in [6.45, 7) is 4.83. The molecule has 2 N–H and O–H groups in total. The van der Waals surface area contributed by atoms with E-state index in [0.717, 1.165) is 36.5 Å². The molecular formula is C21H30BO2. The van der Waals surface area contributed by atoms with Gasteiger partial charge in [-0.15, -0.1) is 0 Å². The summed E-state index contributed by atoms with van der Waals surface area (Å²) < 4.78 is 0. The SMILES string of the molecule is [B]=C1[C@H]2C[C@H]2C2C3C(CC[C@]12C)[C@@]1(C)CC[C@H](O)C[C@@]1(O)[C@@H]1C[C@H]31. The fourth-order valence-corrected chi connectivity index (χ4v) is 8.93. The molecule has 0 bridgehead atoms. The van der Waals surface area contributed by atoms with Crippen LogP contribution in [0.15, 0.2) is 0 Å². The Morgan fingerprint density at radius 1 is 1.04 bits per heavy atom. The number of rotatable bonds is 0. The molecule has 0 saturated heterocycles. The molecule has 2 nitrogen and oxygen atoms in total. The summed E-state index contributed by atoms with van der Waals surface area (Å²) in [6.07, 6.45) is 7.21. The molecule has 1 radical (unpaired) electrons. The van der Waals surface area contributed by atoms with Crippen molar-refractivity contribution in [2.45, 2.75) is 70.5 Å². The van der Waals surface area contributed by atoms with Crippen molar-refractivity contribution in [3.63, 3.8) is 0 Å². The Bertz CT molecular complexity index is 648. The summed E-state index contributed by atoms with van der Waals surface area (Å²) in [6, 6.07) is 0. The topological polar surface area (TPSA) is 40.5 Å². The molecule has 0 spiro atoms. The molecule has 3 heteroatoms. The van der Waals surface area contributed by atoms with Gasteiger partial charge in [-0.05, 0) is 0 Å². The van der Waals surface area contributed by atoms with Gasteiger partial charge in [0.2, 0.25) is 0 Å². The zero-order chi connectivity index (χ0) is 16.6. The van der Waals surface area contributed by atoms with E-state index in [4.69, 9.17) is 7.49 Å². The van der Waals surface area contributed by atoms with Crippen LogP contribution in [0.25, 0.3) is 0 Å². The van der Waals surface area contributed by atoms with Crippen LogP contribution in [0.5, 0.6) is 0 Å². The first kappa shape index (κ1) is 15.0. The first-order chi connectivity index (χ1) is 11.3. The van der Waals surface area contributed by atoms with Gasteiger partial charge in [-0.25, -0.2) is 0 Å². The molecule has 0 amide bonds. The minimum atomic E-state index is -0.610. The van der Waals surface area contributed by atoms with Crippen molar-refractivity contribution >= 4 is 13.0 Å². The summed E-state index contributed by atoms with van der Waals surface area (Å²) in [5.74, 6) is 4.93. The zero-order valence-electron chi connectivity index (χ0n) is 15.0. The first-order valence-electron chi connectivity index (χ1n) is 10.3. The van der Waals surface area contributed by atoms with Crippen molar-refractivity contribution in [3.05, 3.63) is 0 Å². The normalized spacial score (nSPS) is 69.0. The van der Waals surface area contributed by atoms with Gasteiger partial charge in [-0.3, -0.25) is 0 Å². The molecule has 0 aromatic carbocycles. The van der Waals surface area contributed by atoms with Crippen molar-refractivity contribution < 1.29 is 10.2 Å². The summed E-state index contributed by atoms with van der Waals surface area (Å²) >= 11 is 0. The summed E-state index contributed by atoms with van der Waals surface area (Å²) in [4.78, 5) is 0. The van der Waals surface area contributed by atoms with Crippen LogP contribution in [0.2, 0.25) is 0 Å². The van der Waals surface area contributed by atoms with Gasteiger partial charge in [0.15, 0.2) is 0 Å². The molecule has 6 rings (SSSR count). The molecular weight excluding hydrogens is 295 g/mol. The fourth-order valence-electron chi connectivity index (χ4n) is 8.93. The molecule has 6 saturated carbocycles. The maximum atomic E-state index is 11.7. The average molecular weight is 325 g/mol. The standard InChI is InChI=1S/C21H30BO2/c1-19-5-4-14-16(17(19)11-7-12(11)18(19)22)13-8-15(13)21(24)9-10(23)3-6-20(14,21)2/h10-17,23-24H,3-9H2,1-2H3/t10-,11+,12-,13-,14?,15+,16?,17?,19-,20+,21+/m0/s1. The molecule has 0 aliphatic heterocycles. The van der Waals surface area contributed by atoms with Crippen LogP contribution in [0.3, 0.4) is 0 Å². The third-order valence-corrected chi connectivity index (χ3v) is 10.2. The molecule has 6 aliphatic rings.